The highest BCUT2D eigenvalue weighted by Gasteiger charge is 2.29. The molecule has 1 fully saturated rings. The average molecular weight is 290 g/mol. The van der Waals surface area contributed by atoms with Gasteiger partial charge in [0.25, 0.3) is 0 Å². The largest absolute Gasteiger partial charge is 0.480 e. The normalized spacial score (nSPS) is 20.0. The number of hydrogen-bond acceptors (Lipinski definition) is 5. The zero-order valence-electron chi connectivity index (χ0n) is 12.1. The summed E-state index contributed by atoms with van der Waals surface area (Å²) < 4.78 is 7.17. The molecular weight excluding hydrogens is 272 g/mol. The van der Waals surface area contributed by atoms with Crippen LogP contribution in [-0.4, -0.2) is 56.1 Å². The Bertz CT molecular complexity index is 682. The number of aryl methyl sites for hydroxylation is 2. The fraction of sp³-hybridized carbons (Fsp3) is 0.500. The predicted molar refractivity (Wildman–Crippen MR) is 75.1 cm³/mol. The number of morpholine rings is 1. The van der Waals surface area contributed by atoms with Crippen molar-refractivity contribution in [1.29, 1.82) is 0 Å². The summed E-state index contributed by atoms with van der Waals surface area (Å²) in [6, 6.07) is 1.38. The van der Waals surface area contributed by atoms with Crippen LogP contribution in [-0.2, 0) is 16.1 Å². The van der Waals surface area contributed by atoms with Crippen molar-refractivity contribution in [3.05, 3.63) is 29.3 Å². The molecule has 1 atom stereocenters. The van der Waals surface area contributed by atoms with E-state index in [9.17, 15) is 9.90 Å². The predicted octanol–water partition coefficient (Wildman–Crippen LogP) is 0.632. The van der Waals surface area contributed by atoms with E-state index in [1.165, 1.54) is 0 Å². The number of carboxylic acid groups (broad SMARTS) is 1. The van der Waals surface area contributed by atoms with Gasteiger partial charge in [0.05, 0.1) is 18.9 Å². The number of aliphatic carboxylic acids is 1. The number of ether oxygens (including phenoxy) is 1. The molecule has 2 aromatic heterocycles. The van der Waals surface area contributed by atoms with Crippen LogP contribution < -0.4 is 0 Å². The molecule has 0 aromatic carbocycles. The van der Waals surface area contributed by atoms with Crippen LogP contribution in [0.4, 0.5) is 0 Å². The second kappa shape index (κ2) is 5.42. The lowest BCUT2D eigenvalue weighted by Gasteiger charge is -2.32. The van der Waals surface area contributed by atoms with Crippen molar-refractivity contribution in [2.24, 2.45) is 0 Å². The molecule has 1 aliphatic rings. The molecule has 21 heavy (non-hydrogen) atoms. The molecule has 3 heterocycles. The first-order chi connectivity index (χ1) is 10.0. The summed E-state index contributed by atoms with van der Waals surface area (Å²) in [7, 11) is 0. The zero-order chi connectivity index (χ0) is 15.0. The average Bonchev–Trinajstić information content (AvgIpc) is 2.81. The van der Waals surface area contributed by atoms with Crippen molar-refractivity contribution in [1.82, 2.24) is 19.3 Å². The molecule has 0 bridgehead atoms. The second-order valence-corrected chi connectivity index (χ2v) is 5.34. The number of aromatic nitrogens is 3. The Labute approximate surface area is 122 Å². The van der Waals surface area contributed by atoms with Gasteiger partial charge >= 0.3 is 5.97 Å². The van der Waals surface area contributed by atoms with Crippen LogP contribution in [0.25, 0.3) is 5.78 Å². The van der Waals surface area contributed by atoms with E-state index in [-0.39, 0.29) is 6.61 Å². The van der Waals surface area contributed by atoms with Gasteiger partial charge in [-0.1, -0.05) is 0 Å². The number of imidazole rings is 1. The van der Waals surface area contributed by atoms with E-state index in [0.717, 1.165) is 17.1 Å². The third-order valence-corrected chi connectivity index (χ3v) is 3.70. The van der Waals surface area contributed by atoms with E-state index >= 15 is 0 Å². The van der Waals surface area contributed by atoms with Crippen molar-refractivity contribution in [2.45, 2.75) is 26.4 Å². The number of hydrogen-bond donors (Lipinski definition) is 1. The maximum atomic E-state index is 11.3. The Morgan fingerprint density at radius 3 is 3.05 bits per heavy atom. The zero-order valence-corrected chi connectivity index (χ0v) is 12.1. The molecule has 0 spiro atoms. The fourth-order valence-corrected chi connectivity index (χ4v) is 2.66. The van der Waals surface area contributed by atoms with Crippen molar-refractivity contribution >= 4 is 11.7 Å². The number of nitrogens with zero attached hydrogens (tertiary/aromatic N) is 4. The van der Waals surface area contributed by atoms with Gasteiger partial charge in [0, 0.05) is 30.7 Å². The van der Waals surface area contributed by atoms with Crippen molar-refractivity contribution in [3.8, 4) is 0 Å². The van der Waals surface area contributed by atoms with Crippen LogP contribution in [0.2, 0.25) is 0 Å². The third kappa shape index (κ3) is 2.74. The number of carbonyl (C=O) groups is 1. The first-order valence-corrected chi connectivity index (χ1v) is 6.91. The summed E-state index contributed by atoms with van der Waals surface area (Å²) >= 11 is 0. The lowest BCUT2D eigenvalue weighted by molar-refractivity contribution is -0.150. The molecule has 2 aromatic rings. The van der Waals surface area contributed by atoms with E-state index < -0.39 is 12.0 Å². The van der Waals surface area contributed by atoms with Gasteiger partial charge in [-0.3, -0.25) is 14.1 Å². The number of carboxylic acids is 1. The standard InChI is InChI=1S/C14H18N4O3/c1-9-5-10(2)18-7-11(16-14(18)15-9)6-17-3-4-21-8-12(17)13(19)20/h5,7,12H,3-4,6,8H2,1-2H3,(H,19,20). The highest BCUT2D eigenvalue weighted by atomic mass is 16.5. The molecular formula is C14H18N4O3. The Balaban J connectivity index is 1.87. The molecule has 1 saturated heterocycles. The monoisotopic (exact) mass is 290 g/mol. The summed E-state index contributed by atoms with van der Waals surface area (Å²) in [5, 5.41) is 9.25. The van der Waals surface area contributed by atoms with E-state index in [4.69, 9.17) is 4.74 Å². The summed E-state index contributed by atoms with van der Waals surface area (Å²) in [6.07, 6.45) is 1.92. The highest BCUT2D eigenvalue weighted by Crippen LogP contribution is 2.14. The van der Waals surface area contributed by atoms with Crippen molar-refractivity contribution in [3.63, 3.8) is 0 Å². The van der Waals surface area contributed by atoms with E-state index in [2.05, 4.69) is 9.97 Å². The van der Waals surface area contributed by atoms with Crippen LogP contribution in [0, 0.1) is 13.8 Å². The minimum atomic E-state index is -0.858. The first kappa shape index (κ1) is 14.0. The van der Waals surface area contributed by atoms with Crippen LogP contribution in [0.1, 0.15) is 17.1 Å². The maximum absolute atomic E-state index is 11.3. The summed E-state index contributed by atoms with van der Waals surface area (Å²) in [5.41, 5.74) is 2.81. The molecule has 0 saturated carbocycles. The van der Waals surface area contributed by atoms with Gasteiger partial charge < -0.3 is 9.84 Å². The van der Waals surface area contributed by atoms with Gasteiger partial charge in [0.15, 0.2) is 0 Å². The molecule has 3 rings (SSSR count). The van der Waals surface area contributed by atoms with Crippen LogP contribution in [0.15, 0.2) is 12.3 Å². The Morgan fingerprint density at radius 2 is 2.29 bits per heavy atom. The van der Waals surface area contributed by atoms with Gasteiger partial charge in [-0.2, -0.15) is 0 Å². The SMILES string of the molecule is Cc1cc(C)n2cc(CN3CCOCC3C(=O)O)nc2n1. The number of fused-ring (bicyclic) bond motifs is 1. The topological polar surface area (TPSA) is 80.0 Å². The summed E-state index contributed by atoms with van der Waals surface area (Å²) in [5.74, 6) is -0.203. The molecule has 0 radical (unpaired) electrons. The Kier molecular flexibility index (Phi) is 3.60. The van der Waals surface area contributed by atoms with Gasteiger partial charge in [0.1, 0.15) is 6.04 Å². The fourth-order valence-electron chi connectivity index (χ4n) is 2.66. The van der Waals surface area contributed by atoms with Gasteiger partial charge in [0.2, 0.25) is 5.78 Å². The van der Waals surface area contributed by atoms with Gasteiger partial charge in [-0.05, 0) is 19.9 Å². The van der Waals surface area contributed by atoms with Crippen LogP contribution >= 0.6 is 0 Å². The quantitative estimate of drug-likeness (QED) is 0.893. The summed E-state index contributed by atoms with van der Waals surface area (Å²) in [4.78, 5) is 22.0. The van der Waals surface area contributed by atoms with Gasteiger partial charge in [-0.15, -0.1) is 0 Å². The molecule has 0 amide bonds. The molecule has 112 valence electrons. The Hall–Kier alpha value is -1.99. The molecule has 1 N–H and O–H groups in total. The van der Waals surface area contributed by atoms with Crippen LogP contribution in [0.5, 0.6) is 0 Å². The van der Waals surface area contributed by atoms with E-state index in [1.807, 2.05) is 35.4 Å². The molecule has 7 heteroatoms. The van der Waals surface area contributed by atoms with Crippen molar-refractivity contribution in [2.75, 3.05) is 19.8 Å². The second-order valence-electron chi connectivity index (χ2n) is 5.34. The maximum Gasteiger partial charge on any atom is 0.323 e. The lowest BCUT2D eigenvalue weighted by atomic mass is 10.2. The van der Waals surface area contributed by atoms with Gasteiger partial charge in [-0.25, -0.2) is 9.97 Å². The minimum Gasteiger partial charge on any atom is -0.480 e. The highest BCUT2D eigenvalue weighted by molar-refractivity contribution is 5.73. The minimum absolute atomic E-state index is 0.221. The van der Waals surface area contributed by atoms with Crippen LogP contribution in [0.3, 0.4) is 0 Å². The smallest absolute Gasteiger partial charge is 0.323 e. The Morgan fingerprint density at radius 1 is 1.48 bits per heavy atom. The lowest BCUT2D eigenvalue weighted by Crippen LogP contribution is -2.49. The van der Waals surface area contributed by atoms with Crippen molar-refractivity contribution < 1.29 is 14.6 Å². The molecule has 0 aliphatic carbocycles. The van der Waals surface area contributed by atoms with E-state index in [1.54, 1.807) is 0 Å². The van der Waals surface area contributed by atoms with E-state index in [0.29, 0.717) is 25.5 Å². The summed E-state index contributed by atoms with van der Waals surface area (Å²) in [6.45, 7) is 5.79. The number of rotatable bonds is 3. The molecule has 7 nitrogen and oxygen atoms in total. The first-order valence-electron chi connectivity index (χ1n) is 6.91. The molecule has 1 aliphatic heterocycles. The third-order valence-electron chi connectivity index (χ3n) is 3.70. The molecule has 1 unspecified atom stereocenters.